The Kier molecular flexibility index (Phi) is 5.82. The highest BCUT2D eigenvalue weighted by Crippen LogP contribution is 2.27. The molecular formula is C25H30N6O. The molecule has 0 aliphatic rings. The van der Waals surface area contributed by atoms with Gasteiger partial charge in [0.25, 0.3) is 0 Å². The summed E-state index contributed by atoms with van der Waals surface area (Å²) in [5.41, 5.74) is 5.10. The maximum absolute atomic E-state index is 13.1. The fourth-order valence-electron chi connectivity index (χ4n) is 3.97. The zero-order chi connectivity index (χ0) is 22.9. The second-order valence-corrected chi connectivity index (χ2v) is 9.65. The zero-order valence-electron chi connectivity index (χ0n) is 19.4. The van der Waals surface area contributed by atoms with Crippen LogP contribution in [0.4, 0.5) is 0 Å². The normalized spacial score (nSPS) is 11.9. The van der Waals surface area contributed by atoms with Gasteiger partial charge in [0.2, 0.25) is 0 Å². The molecule has 0 spiro atoms. The van der Waals surface area contributed by atoms with Gasteiger partial charge in [-0.25, -0.2) is 4.79 Å². The van der Waals surface area contributed by atoms with Crippen molar-refractivity contribution in [1.29, 1.82) is 0 Å². The van der Waals surface area contributed by atoms with E-state index in [0.717, 1.165) is 34.6 Å². The summed E-state index contributed by atoms with van der Waals surface area (Å²) < 4.78 is 5.42. The molecule has 2 aromatic heterocycles. The molecule has 2 aromatic carbocycles. The van der Waals surface area contributed by atoms with Gasteiger partial charge in [0.15, 0.2) is 0 Å². The Morgan fingerprint density at radius 3 is 2.34 bits per heavy atom. The predicted molar refractivity (Wildman–Crippen MR) is 126 cm³/mol. The Bertz CT molecular complexity index is 1240. The van der Waals surface area contributed by atoms with Crippen LogP contribution in [0.2, 0.25) is 0 Å². The maximum atomic E-state index is 13.1. The molecule has 0 unspecified atom stereocenters. The van der Waals surface area contributed by atoms with Crippen LogP contribution in [-0.4, -0.2) is 29.3 Å². The first kappa shape index (κ1) is 21.7. The Balaban J connectivity index is 1.66. The summed E-state index contributed by atoms with van der Waals surface area (Å²) >= 11 is 0. The number of hydrogen-bond acceptors (Lipinski definition) is 4. The van der Waals surface area contributed by atoms with Crippen LogP contribution in [0.3, 0.4) is 0 Å². The first-order valence-corrected chi connectivity index (χ1v) is 11.0. The molecular weight excluding hydrogens is 400 g/mol. The monoisotopic (exact) mass is 430 g/mol. The van der Waals surface area contributed by atoms with Crippen LogP contribution < -0.4 is 5.69 Å². The number of nitrogens with zero attached hydrogens (tertiary/aromatic N) is 6. The minimum absolute atomic E-state index is 0.0525. The predicted octanol–water partition coefficient (Wildman–Crippen LogP) is 4.29. The first-order chi connectivity index (χ1) is 15.2. The highest BCUT2D eigenvalue weighted by atomic mass is 16.1. The van der Waals surface area contributed by atoms with Crippen molar-refractivity contribution < 1.29 is 0 Å². The lowest BCUT2D eigenvalue weighted by molar-refractivity contribution is 0.502. The smallest absolute Gasteiger partial charge is 0.299 e. The summed E-state index contributed by atoms with van der Waals surface area (Å²) in [6.45, 7) is 12.0. The number of imidazole rings is 1. The second-order valence-electron chi connectivity index (χ2n) is 9.65. The van der Waals surface area contributed by atoms with Crippen molar-refractivity contribution in [3.8, 4) is 16.8 Å². The standard InChI is InChI=1S/C25H30N6O/c1-18(2)14-29-16-23(25(3,4)5)30(24(29)32)15-19-10-12-20(13-11-19)21-8-6-7-9-22(21)31-17-26-27-28-31/h6-13,16-18H,14-15H2,1-5H3. The third kappa shape index (κ3) is 4.42. The zero-order valence-corrected chi connectivity index (χ0v) is 19.4. The quantitative estimate of drug-likeness (QED) is 0.457. The molecule has 4 aromatic rings. The van der Waals surface area contributed by atoms with Crippen LogP contribution in [0.25, 0.3) is 16.8 Å². The molecule has 0 fully saturated rings. The Hall–Kier alpha value is -3.48. The van der Waals surface area contributed by atoms with Crippen LogP contribution in [0.15, 0.2) is 65.8 Å². The minimum atomic E-state index is -0.119. The van der Waals surface area contributed by atoms with Gasteiger partial charge in [0.05, 0.1) is 12.2 Å². The molecule has 0 radical (unpaired) electrons. The Morgan fingerprint density at radius 2 is 1.72 bits per heavy atom. The molecule has 0 amide bonds. The van der Waals surface area contributed by atoms with Gasteiger partial charge >= 0.3 is 5.69 Å². The molecule has 0 saturated heterocycles. The number of tetrazole rings is 1. The molecule has 0 bridgehead atoms. The largest absolute Gasteiger partial charge is 0.328 e. The van der Waals surface area contributed by atoms with E-state index in [1.165, 1.54) is 0 Å². The van der Waals surface area contributed by atoms with Crippen LogP contribution in [0.1, 0.15) is 45.9 Å². The maximum Gasteiger partial charge on any atom is 0.328 e. The van der Waals surface area contributed by atoms with Crippen molar-refractivity contribution in [3.05, 3.63) is 82.8 Å². The topological polar surface area (TPSA) is 70.5 Å². The van der Waals surface area contributed by atoms with Gasteiger partial charge in [-0.2, -0.15) is 4.68 Å². The molecule has 4 rings (SSSR count). The fourth-order valence-corrected chi connectivity index (χ4v) is 3.97. The molecule has 0 saturated carbocycles. The van der Waals surface area contributed by atoms with E-state index in [4.69, 9.17) is 0 Å². The van der Waals surface area contributed by atoms with Crippen molar-refractivity contribution in [2.75, 3.05) is 0 Å². The molecule has 32 heavy (non-hydrogen) atoms. The summed E-state index contributed by atoms with van der Waals surface area (Å²) in [5, 5.41) is 11.5. The fraction of sp³-hybridized carbons (Fsp3) is 0.360. The van der Waals surface area contributed by atoms with Gasteiger partial charge in [-0.1, -0.05) is 77.1 Å². The van der Waals surface area contributed by atoms with Crippen molar-refractivity contribution in [1.82, 2.24) is 29.3 Å². The van der Waals surface area contributed by atoms with Crippen LogP contribution >= 0.6 is 0 Å². The molecule has 0 aliphatic carbocycles. The van der Waals surface area contributed by atoms with Gasteiger partial charge in [0, 0.05) is 29.4 Å². The van der Waals surface area contributed by atoms with Crippen molar-refractivity contribution in [2.45, 2.75) is 53.1 Å². The number of hydrogen-bond donors (Lipinski definition) is 0. The van der Waals surface area contributed by atoms with Gasteiger partial charge in [-0.15, -0.1) is 5.10 Å². The number of para-hydroxylation sites is 1. The third-order valence-electron chi connectivity index (χ3n) is 5.48. The Morgan fingerprint density at radius 1 is 1.00 bits per heavy atom. The van der Waals surface area contributed by atoms with Crippen LogP contribution in [0, 0.1) is 5.92 Å². The van der Waals surface area contributed by atoms with E-state index in [-0.39, 0.29) is 11.1 Å². The Labute approximate surface area is 188 Å². The van der Waals surface area contributed by atoms with Gasteiger partial charge in [-0.05, 0) is 33.5 Å². The van der Waals surface area contributed by atoms with E-state index < -0.39 is 0 Å². The summed E-state index contributed by atoms with van der Waals surface area (Å²) in [7, 11) is 0. The molecule has 0 N–H and O–H groups in total. The summed E-state index contributed by atoms with van der Waals surface area (Å²) in [4.78, 5) is 13.1. The SMILES string of the molecule is CC(C)Cn1cc(C(C)(C)C)n(Cc2ccc(-c3ccccc3-n3cnnn3)cc2)c1=O. The minimum Gasteiger partial charge on any atom is -0.299 e. The third-order valence-corrected chi connectivity index (χ3v) is 5.48. The van der Waals surface area contributed by atoms with E-state index in [2.05, 4.69) is 80.5 Å². The first-order valence-electron chi connectivity index (χ1n) is 11.0. The summed E-state index contributed by atoms with van der Waals surface area (Å²) in [5.74, 6) is 0.413. The van der Waals surface area contributed by atoms with Crippen LogP contribution in [-0.2, 0) is 18.5 Å². The number of rotatable bonds is 6. The lowest BCUT2D eigenvalue weighted by Crippen LogP contribution is -2.29. The molecule has 2 heterocycles. The van der Waals surface area contributed by atoms with Crippen molar-refractivity contribution >= 4 is 0 Å². The molecule has 7 nitrogen and oxygen atoms in total. The summed E-state index contributed by atoms with van der Waals surface area (Å²) in [6.07, 6.45) is 3.62. The lowest BCUT2D eigenvalue weighted by atomic mass is 9.92. The number of aromatic nitrogens is 6. The van der Waals surface area contributed by atoms with E-state index in [1.54, 1.807) is 11.0 Å². The van der Waals surface area contributed by atoms with Gasteiger partial charge < -0.3 is 0 Å². The average Bonchev–Trinajstić information content (AvgIpc) is 3.38. The molecule has 166 valence electrons. The second kappa shape index (κ2) is 8.57. The molecule has 7 heteroatoms. The van der Waals surface area contributed by atoms with E-state index in [0.29, 0.717) is 12.5 Å². The highest BCUT2D eigenvalue weighted by Gasteiger charge is 2.23. The molecule has 0 atom stereocenters. The van der Waals surface area contributed by atoms with E-state index in [9.17, 15) is 4.79 Å². The summed E-state index contributed by atoms with van der Waals surface area (Å²) in [6, 6.07) is 16.4. The van der Waals surface area contributed by atoms with Crippen molar-refractivity contribution in [2.24, 2.45) is 5.92 Å². The molecule has 0 aliphatic heterocycles. The van der Waals surface area contributed by atoms with Gasteiger partial charge in [-0.3, -0.25) is 9.13 Å². The highest BCUT2D eigenvalue weighted by molar-refractivity contribution is 5.72. The lowest BCUT2D eigenvalue weighted by Gasteiger charge is -2.20. The van der Waals surface area contributed by atoms with Crippen LogP contribution in [0.5, 0.6) is 0 Å². The van der Waals surface area contributed by atoms with E-state index >= 15 is 0 Å². The van der Waals surface area contributed by atoms with E-state index in [1.807, 2.05) is 33.5 Å². The average molecular weight is 431 g/mol. The van der Waals surface area contributed by atoms with Crippen molar-refractivity contribution in [3.63, 3.8) is 0 Å². The van der Waals surface area contributed by atoms with Gasteiger partial charge in [0.1, 0.15) is 6.33 Å². The number of benzene rings is 2.